The van der Waals surface area contributed by atoms with Crippen LogP contribution in [-0.2, 0) is 26.2 Å². The van der Waals surface area contributed by atoms with Crippen LogP contribution in [0.15, 0.2) is 78.9 Å². The Balaban J connectivity index is 2.49. The van der Waals surface area contributed by atoms with Gasteiger partial charge in [0, 0.05) is 5.56 Å². The molecule has 3 nitrogen and oxygen atoms in total. The van der Waals surface area contributed by atoms with Crippen molar-refractivity contribution in [1.82, 2.24) is 0 Å². The first-order chi connectivity index (χ1) is 20.0. The van der Waals surface area contributed by atoms with Gasteiger partial charge in [-0.2, -0.15) is 0 Å². The van der Waals surface area contributed by atoms with Gasteiger partial charge < -0.3 is 9.79 Å². The molecule has 0 atom stereocenters. The Kier molecular flexibility index (Phi) is 8.81. The summed E-state index contributed by atoms with van der Waals surface area (Å²) in [6, 6.07) is 26.7. The molecule has 0 aliphatic heterocycles. The average molecular weight is 611 g/mol. The van der Waals surface area contributed by atoms with E-state index in [0.29, 0.717) is 5.56 Å². The zero-order chi connectivity index (χ0) is 33.0. The van der Waals surface area contributed by atoms with Crippen LogP contribution in [0.5, 0.6) is 0 Å². The third kappa shape index (κ3) is 6.66. The zero-order valence-electron chi connectivity index (χ0n) is 28.8. The van der Waals surface area contributed by atoms with Gasteiger partial charge in [-0.05, 0) is 77.8 Å². The maximum atomic E-state index is 13.6. The van der Waals surface area contributed by atoms with E-state index in [1.807, 2.05) is 24.3 Å². The molecule has 0 aliphatic carbocycles. The second-order valence-electron chi connectivity index (χ2n) is 16.2. The fourth-order valence-electron chi connectivity index (χ4n) is 6.35. The van der Waals surface area contributed by atoms with Crippen molar-refractivity contribution >= 4 is 12.9 Å². The van der Waals surface area contributed by atoms with Crippen molar-refractivity contribution in [1.29, 1.82) is 0 Å². The van der Waals surface area contributed by atoms with Gasteiger partial charge in [0.2, 0.25) is 0 Å². The van der Waals surface area contributed by atoms with Gasteiger partial charge in [-0.25, -0.2) is 0 Å². The summed E-state index contributed by atoms with van der Waals surface area (Å²) in [5.41, 5.74) is 8.83. The predicted octanol–water partition coefficient (Wildman–Crippen LogP) is 10.7. The van der Waals surface area contributed by atoms with Crippen LogP contribution in [-0.4, -0.2) is 9.79 Å². The topological polar surface area (TPSA) is 57.5 Å². The van der Waals surface area contributed by atoms with Crippen LogP contribution in [0, 0.1) is 0 Å². The summed E-state index contributed by atoms with van der Waals surface area (Å²) in [6.45, 7) is 26.4. The molecular weight excluding hydrogens is 559 g/mol. The highest BCUT2D eigenvalue weighted by atomic mass is 31.2. The van der Waals surface area contributed by atoms with E-state index >= 15 is 0 Å². The van der Waals surface area contributed by atoms with E-state index in [0.717, 1.165) is 50.1 Å². The standard InChI is InChI=1S/C40H51O3P/c1-37(2,3)28-20-16-21-29(38(4,5)6)34(28)33-27(26-18-14-13-15-19-26)24-25-32(44(41,42)43)36(33)35-30(39(7,8)9)22-17-23-31(35)40(10,11)12/h13-25H,1-12H3,(H2,41,42,43). The van der Waals surface area contributed by atoms with E-state index in [1.54, 1.807) is 6.07 Å². The molecule has 4 heteroatoms. The summed E-state index contributed by atoms with van der Waals surface area (Å²) in [4.78, 5) is 22.2. The largest absolute Gasteiger partial charge is 0.356 e. The second kappa shape index (κ2) is 11.4. The van der Waals surface area contributed by atoms with E-state index in [2.05, 4.69) is 132 Å². The first-order valence-corrected chi connectivity index (χ1v) is 17.2. The summed E-state index contributed by atoms with van der Waals surface area (Å²) >= 11 is 0. The number of hydrogen-bond acceptors (Lipinski definition) is 1. The van der Waals surface area contributed by atoms with Crippen LogP contribution in [0.4, 0.5) is 0 Å². The van der Waals surface area contributed by atoms with Crippen molar-refractivity contribution in [2.75, 3.05) is 0 Å². The Bertz CT molecular complexity index is 1650. The van der Waals surface area contributed by atoms with Crippen molar-refractivity contribution in [3.05, 3.63) is 101 Å². The molecule has 0 saturated carbocycles. The van der Waals surface area contributed by atoms with Gasteiger partial charge in [0.05, 0.1) is 5.30 Å². The van der Waals surface area contributed by atoms with Crippen LogP contribution in [0.25, 0.3) is 33.4 Å². The minimum atomic E-state index is -4.74. The molecule has 0 aliphatic rings. The molecule has 0 amide bonds. The Labute approximate surface area is 265 Å². The monoisotopic (exact) mass is 610 g/mol. The maximum absolute atomic E-state index is 13.6. The molecule has 4 aromatic carbocycles. The van der Waals surface area contributed by atoms with E-state index in [-0.39, 0.29) is 27.0 Å². The molecule has 4 rings (SSSR count). The highest BCUT2D eigenvalue weighted by molar-refractivity contribution is 7.60. The predicted molar refractivity (Wildman–Crippen MR) is 189 cm³/mol. The highest BCUT2D eigenvalue weighted by Crippen LogP contribution is 2.53. The highest BCUT2D eigenvalue weighted by Gasteiger charge is 2.37. The summed E-state index contributed by atoms with van der Waals surface area (Å²) in [6.07, 6.45) is 0. The normalized spacial score (nSPS) is 13.3. The van der Waals surface area contributed by atoms with Crippen LogP contribution in [0.2, 0.25) is 0 Å². The summed E-state index contributed by atoms with van der Waals surface area (Å²) in [5.74, 6) is 0. The average Bonchev–Trinajstić information content (AvgIpc) is 2.89. The molecule has 4 aromatic rings. The van der Waals surface area contributed by atoms with E-state index in [9.17, 15) is 14.4 Å². The zero-order valence-corrected chi connectivity index (χ0v) is 29.6. The lowest BCUT2D eigenvalue weighted by atomic mass is 9.69. The Morgan fingerprint density at radius 3 is 1.14 bits per heavy atom. The molecule has 0 fully saturated rings. The molecule has 0 aromatic heterocycles. The molecule has 0 spiro atoms. The Morgan fingerprint density at radius 2 is 0.795 bits per heavy atom. The van der Waals surface area contributed by atoms with Gasteiger partial charge in [0.25, 0.3) is 0 Å². The minimum Gasteiger partial charge on any atom is -0.321 e. The van der Waals surface area contributed by atoms with Gasteiger partial charge in [-0.1, -0.05) is 156 Å². The van der Waals surface area contributed by atoms with Crippen molar-refractivity contribution < 1.29 is 14.4 Å². The molecule has 0 heterocycles. The molecule has 0 bridgehead atoms. The lowest BCUT2D eigenvalue weighted by Gasteiger charge is -2.35. The molecule has 0 unspecified atom stereocenters. The van der Waals surface area contributed by atoms with Crippen LogP contribution in [0.3, 0.4) is 0 Å². The first-order valence-electron chi connectivity index (χ1n) is 15.6. The molecule has 2 N–H and O–H groups in total. The Hall–Kier alpha value is -2.97. The van der Waals surface area contributed by atoms with Crippen LogP contribution < -0.4 is 5.30 Å². The molecule has 0 saturated heterocycles. The van der Waals surface area contributed by atoms with Crippen LogP contribution in [0.1, 0.15) is 105 Å². The van der Waals surface area contributed by atoms with Crippen molar-refractivity contribution in [3.63, 3.8) is 0 Å². The minimum absolute atomic E-state index is 0.0675. The maximum Gasteiger partial charge on any atom is 0.356 e. The van der Waals surface area contributed by atoms with Gasteiger partial charge >= 0.3 is 7.60 Å². The van der Waals surface area contributed by atoms with Crippen molar-refractivity contribution in [3.8, 4) is 33.4 Å². The van der Waals surface area contributed by atoms with Crippen molar-refractivity contribution in [2.24, 2.45) is 0 Å². The smallest absolute Gasteiger partial charge is 0.321 e. The Morgan fingerprint density at radius 1 is 0.432 bits per heavy atom. The number of hydrogen-bond donors (Lipinski definition) is 2. The fourth-order valence-corrected chi connectivity index (χ4v) is 7.13. The molecule has 0 radical (unpaired) electrons. The molecular formula is C40H51O3P. The van der Waals surface area contributed by atoms with E-state index in [1.165, 1.54) is 0 Å². The summed E-state index contributed by atoms with van der Waals surface area (Å²) in [5, 5.41) is 0.0675. The van der Waals surface area contributed by atoms with Gasteiger partial charge in [0.1, 0.15) is 0 Å². The summed E-state index contributed by atoms with van der Waals surface area (Å²) in [7, 11) is -4.74. The number of rotatable bonds is 4. The first kappa shape index (κ1) is 33.9. The molecule has 234 valence electrons. The van der Waals surface area contributed by atoms with Gasteiger partial charge in [0.15, 0.2) is 0 Å². The SMILES string of the molecule is CC(C)(C)c1cccc(C(C)(C)C)c1-c1c(-c2ccccc2)ccc(P(=O)(O)O)c1-c1c(C(C)(C)C)cccc1C(C)(C)C. The third-order valence-corrected chi connectivity index (χ3v) is 9.44. The van der Waals surface area contributed by atoms with Crippen LogP contribution >= 0.6 is 7.60 Å². The van der Waals surface area contributed by atoms with E-state index in [4.69, 9.17) is 0 Å². The van der Waals surface area contributed by atoms with E-state index < -0.39 is 7.60 Å². The molecule has 44 heavy (non-hydrogen) atoms. The van der Waals surface area contributed by atoms with Gasteiger partial charge in [-0.15, -0.1) is 0 Å². The second-order valence-corrected chi connectivity index (χ2v) is 17.8. The third-order valence-electron chi connectivity index (χ3n) is 8.44. The fraction of sp³-hybridized carbons (Fsp3) is 0.400. The van der Waals surface area contributed by atoms with Gasteiger partial charge in [-0.3, -0.25) is 4.57 Å². The summed E-state index contributed by atoms with van der Waals surface area (Å²) < 4.78 is 13.6. The lowest BCUT2D eigenvalue weighted by molar-refractivity contribution is 0.387. The quantitative estimate of drug-likeness (QED) is 0.226. The lowest BCUT2D eigenvalue weighted by Crippen LogP contribution is -2.24. The number of benzene rings is 4. The van der Waals surface area contributed by atoms with Crippen molar-refractivity contribution in [2.45, 2.75) is 105 Å².